The van der Waals surface area contributed by atoms with Crippen molar-refractivity contribution in [2.45, 2.75) is 20.3 Å². The van der Waals surface area contributed by atoms with Crippen molar-refractivity contribution in [1.82, 2.24) is 10.2 Å². The van der Waals surface area contributed by atoms with Gasteiger partial charge in [-0.05, 0) is 38.2 Å². The molecular weight excluding hydrogens is 294 g/mol. The average molecular weight is 316 g/mol. The Labute approximate surface area is 131 Å². The lowest BCUT2D eigenvalue weighted by Gasteiger charge is -2.17. The Hall–Kier alpha value is -1.66. The second-order valence-electron chi connectivity index (χ2n) is 4.44. The number of nitrogens with one attached hydrogen (secondary N) is 1. The summed E-state index contributed by atoms with van der Waals surface area (Å²) >= 11 is 0. The monoisotopic (exact) mass is 315 g/mol. The molecule has 0 aliphatic rings. The number of hydrogen-bond donors (Lipinski definition) is 1. The highest BCUT2D eigenvalue weighted by Crippen LogP contribution is 2.11. The number of carbonyl (C=O) groups is 1. The van der Waals surface area contributed by atoms with Crippen molar-refractivity contribution in [2.75, 3.05) is 26.2 Å². The van der Waals surface area contributed by atoms with Gasteiger partial charge < -0.3 is 10.2 Å². The first-order valence-electron chi connectivity index (χ1n) is 6.83. The first kappa shape index (κ1) is 19.3. The zero-order chi connectivity index (χ0) is 15.0. The quantitative estimate of drug-likeness (QED) is 0.454. The molecule has 1 rings (SSSR count). The molecule has 0 radical (unpaired) electrons. The summed E-state index contributed by atoms with van der Waals surface area (Å²) in [4.78, 5) is 24.1. The Kier molecular flexibility index (Phi) is 9.32. The Balaban J connectivity index is 0.00000400. The third-order valence-corrected chi connectivity index (χ3v) is 3.17. The highest BCUT2D eigenvalue weighted by Gasteiger charge is 2.08. The van der Waals surface area contributed by atoms with Crippen LogP contribution in [-0.2, 0) is 0 Å². The molecule has 0 unspecified atom stereocenters. The number of carbonyl (C=O) groups excluding carboxylic acids is 1. The molecule has 0 aliphatic carbocycles. The fraction of sp³-hybridized carbons (Fsp3) is 0.500. The van der Waals surface area contributed by atoms with Gasteiger partial charge in [0.15, 0.2) is 0 Å². The van der Waals surface area contributed by atoms with Crippen molar-refractivity contribution >= 4 is 24.0 Å². The lowest BCUT2D eigenvalue weighted by atomic mass is 10.2. The van der Waals surface area contributed by atoms with Crippen molar-refractivity contribution in [3.05, 3.63) is 39.9 Å². The van der Waals surface area contributed by atoms with Gasteiger partial charge in [-0.1, -0.05) is 13.8 Å². The van der Waals surface area contributed by atoms with Crippen LogP contribution in [0.2, 0.25) is 0 Å². The van der Waals surface area contributed by atoms with Crippen LogP contribution in [0.15, 0.2) is 24.3 Å². The van der Waals surface area contributed by atoms with Gasteiger partial charge >= 0.3 is 0 Å². The Morgan fingerprint density at radius 2 is 1.81 bits per heavy atom. The topological polar surface area (TPSA) is 75.5 Å². The minimum absolute atomic E-state index is 0. The van der Waals surface area contributed by atoms with Gasteiger partial charge in [0, 0.05) is 24.2 Å². The molecule has 0 saturated heterocycles. The van der Waals surface area contributed by atoms with E-state index in [0.29, 0.717) is 12.1 Å². The van der Waals surface area contributed by atoms with Gasteiger partial charge in [0.2, 0.25) is 0 Å². The van der Waals surface area contributed by atoms with Gasteiger partial charge in [0.05, 0.1) is 4.92 Å². The van der Waals surface area contributed by atoms with Gasteiger partial charge in [-0.3, -0.25) is 14.9 Å². The van der Waals surface area contributed by atoms with Gasteiger partial charge in [-0.15, -0.1) is 12.4 Å². The fourth-order valence-corrected chi connectivity index (χ4v) is 1.88. The molecule has 0 heterocycles. The minimum atomic E-state index is -0.480. The second-order valence-corrected chi connectivity index (χ2v) is 4.44. The molecule has 0 atom stereocenters. The number of nitrogens with zero attached hydrogens (tertiary/aromatic N) is 2. The highest BCUT2D eigenvalue weighted by molar-refractivity contribution is 5.94. The van der Waals surface area contributed by atoms with Crippen LogP contribution in [-0.4, -0.2) is 41.9 Å². The molecule has 0 aliphatic heterocycles. The summed E-state index contributed by atoms with van der Waals surface area (Å²) in [5.74, 6) is -0.195. The number of non-ortho nitro benzene ring substituents is 1. The van der Waals surface area contributed by atoms with Crippen molar-refractivity contribution in [1.29, 1.82) is 0 Å². The largest absolute Gasteiger partial charge is 0.352 e. The normalized spacial score (nSPS) is 10.0. The van der Waals surface area contributed by atoms with E-state index >= 15 is 0 Å². The van der Waals surface area contributed by atoms with Gasteiger partial charge in [0.25, 0.3) is 11.6 Å². The van der Waals surface area contributed by atoms with Crippen LogP contribution in [0.5, 0.6) is 0 Å². The van der Waals surface area contributed by atoms with Crippen molar-refractivity contribution in [3.63, 3.8) is 0 Å². The van der Waals surface area contributed by atoms with E-state index in [1.165, 1.54) is 24.3 Å². The summed E-state index contributed by atoms with van der Waals surface area (Å²) in [6.07, 6.45) is 0.889. The summed E-state index contributed by atoms with van der Waals surface area (Å²) < 4.78 is 0. The van der Waals surface area contributed by atoms with Crippen LogP contribution < -0.4 is 5.32 Å². The SMILES string of the molecule is CCN(CC)CCCNC(=O)c1ccc([N+](=O)[O-])cc1.Cl. The van der Waals surface area contributed by atoms with Crippen LogP contribution in [0.4, 0.5) is 5.69 Å². The van der Waals surface area contributed by atoms with E-state index in [1.807, 2.05) is 0 Å². The average Bonchev–Trinajstić information content (AvgIpc) is 2.47. The van der Waals surface area contributed by atoms with E-state index in [9.17, 15) is 14.9 Å². The molecule has 1 N–H and O–H groups in total. The van der Waals surface area contributed by atoms with E-state index in [0.717, 1.165) is 26.1 Å². The number of hydrogen-bond acceptors (Lipinski definition) is 4. The van der Waals surface area contributed by atoms with Crippen LogP contribution in [0.1, 0.15) is 30.6 Å². The molecule has 0 spiro atoms. The molecule has 118 valence electrons. The summed E-state index contributed by atoms with van der Waals surface area (Å²) in [6.45, 7) is 7.79. The van der Waals surface area contributed by atoms with Crippen molar-refractivity contribution in [3.8, 4) is 0 Å². The van der Waals surface area contributed by atoms with Gasteiger partial charge in [-0.25, -0.2) is 0 Å². The third kappa shape index (κ3) is 6.55. The van der Waals surface area contributed by atoms with Crippen LogP contribution in [0, 0.1) is 10.1 Å². The van der Waals surface area contributed by atoms with Gasteiger partial charge in [0.1, 0.15) is 0 Å². The second kappa shape index (κ2) is 10.1. The van der Waals surface area contributed by atoms with E-state index in [2.05, 4.69) is 24.1 Å². The first-order chi connectivity index (χ1) is 9.58. The minimum Gasteiger partial charge on any atom is -0.352 e. The maximum Gasteiger partial charge on any atom is 0.269 e. The fourth-order valence-electron chi connectivity index (χ4n) is 1.88. The predicted octanol–water partition coefficient (Wildman–Crippen LogP) is 2.48. The van der Waals surface area contributed by atoms with E-state index in [-0.39, 0.29) is 24.0 Å². The molecule has 6 nitrogen and oxygen atoms in total. The maximum atomic E-state index is 11.8. The molecule has 0 aromatic heterocycles. The molecule has 1 aromatic rings. The first-order valence-corrected chi connectivity index (χ1v) is 6.83. The predicted molar refractivity (Wildman–Crippen MR) is 85.1 cm³/mol. The van der Waals surface area contributed by atoms with Crippen molar-refractivity contribution < 1.29 is 9.72 Å². The van der Waals surface area contributed by atoms with E-state index in [4.69, 9.17) is 0 Å². The van der Waals surface area contributed by atoms with Crippen LogP contribution in [0.3, 0.4) is 0 Å². The molecule has 21 heavy (non-hydrogen) atoms. The molecule has 7 heteroatoms. The number of benzene rings is 1. The standard InChI is InChI=1S/C14H21N3O3.ClH/c1-3-16(4-2)11-5-10-15-14(18)12-6-8-13(9-7-12)17(19)20;/h6-9H,3-5,10-11H2,1-2H3,(H,15,18);1H. The van der Waals surface area contributed by atoms with E-state index < -0.39 is 4.92 Å². The molecular formula is C14H22ClN3O3. The highest BCUT2D eigenvalue weighted by atomic mass is 35.5. The van der Waals surface area contributed by atoms with E-state index in [1.54, 1.807) is 0 Å². The number of amides is 1. The lowest BCUT2D eigenvalue weighted by molar-refractivity contribution is -0.384. The molecule has 0 bridgehead atoms. The van der Waals surface area contributed by atoms with Crippen LogP contribution in [0.25, 0.3) is 0 Å². The Morgan fingerprint density at radius 3 is 2.29 bits per heavy atom. The summed E-state index contributed by atoms with van der Waals surface area (Å²) in [5.41, 5.74) is 0.432. The summed E-state index contributed by atoms with van der Waals surface area (Å²) in [6, 6.07) is 5.62. The van der Waals surface area contributed by atoms with Crippen LogP contribution >= 0.6 is 12.4 Å². The summed E-state index contributed by atoms with van der Waals surface area (Å²) in [7, 11) is 0. The lowest BCUT2D eigenvalue weighted by Crippen LogP contribution is -2.29. The number of nitro groups is 1. The number of nitro benzene ring substituents is 1. The number of halogens is 1. The smallest absolute Gasteiger partial charge is 0.269 e. The summed E-state index contributed by atoms with van der Waals surface area (Å²) in [5, 5.41) is 13.3. The molecule has 0 saturated carbocycles. The molecule has 1 amide bonds. The number of rotatable bonds is 8. The Bertz CT molecular complexity index is 447. The zero-order valence-electron chi connectivity index (χ0n) is 12.4. The maximum absolute atomic E-state index is 11.8. The Morgan fingerprint density at radius 1 is 1.24 bits per heavy atom. The molecule has 0 fully saturated rings. The molecule has 1 aromatic carbocycles. The third-order valence-electron chi connectivity index (χ3n) is 3.17. The van der Waals surface area contributed by atoms with Gasteiger partial charge in [-0.2, -0.15) is 0 Å². The van der Waals surface area contributed by atoms with Crippen molar-refractivity contribution in [2.24, 2.45) is 0 Å². The zero-order valence-corrected chi connectivity index (χ0v) is 13.2.